The van der Waals surface area contributed by atoms with Gasteiger partial charge in [0, 0.05) is 4.90 Å². The smallest absolute Gasteiger partial charge is 0.115 e. The lowest BCUT2D eigenvalue weighted by atomic mass is 10.1. The first-order chi connectivity index (χ1) is 6.19. The maximum Gasteiger partial charge on any atom is 0.115 e. The Morgan fingerprint density at radius 3 is 2.77 bits per heavy atom. The van der Waals surface area contributed by atoms with Crippen LogP contribution < -0.4 is 5.73 Å². The zero-order chi connectivity index (χ0) is 9.84. The Bertz CT molecular complexity index is 291. The molecule has 0 aliphatic carbocycles. The summed E-state index contributed by atoms with van der Waals surface area (Å²) >= 11 is 1.55. The van der Waals surface area contributed by atoms with Gasteiger partial charge in [-0.3, -0.25) is 0 Å². The second kappa shape index (κ2) is 4.50. The van der Waals surface area contributed by atoms with Crippen LogP contribution >= 0.6 is 11.8 Å². The van der Waals surface area contributed by atoms with Crippen molar-refractivity contribution in [3.05, 3.63) is 23.8 Å². The highest BCUT2D eigenvalue weighted by Crippen LogP contribution is 2.27. The fourth-order valence-corrected chi connectivity index (χ4v) is 1.76. The summed E-state index contributed by atoms with van der Waals surface area (Å²) in [5.74, 6) is 0.178. The molecule has 13 heavy (non-hydrogen) atoms. The van der Waals surface area contributed by atoms with E-state index in [9.17, 15) is 5.11 Å². The number of aliphatic hydroxyl groups excluding tert-OH is 1. The Morgan fingerprint density at radius 2 is 2.23 bits per heavy atom. The maximum absolute atomic E-state index is 9.23. The quantitative estimate of drug-likeness (QED) is 0.638. The van der Waals surface area contributed by atoms with E-state index in [1.54, 1.807) is 30.0 Å². The SMILES string of the molecule is CSc1ccc(O)cc1[C@H](N)CO. The molecule has 0 radical (unpaired) electrons. The van der Waals surface area contributed by atoms with Crippen LogP contribution in [0.4, 0.5) is 0 Å². The monoisotopic (exact) mass is 199 g/mol. The Balaban J connectivity index is 3.07. The molecule has 0 saturated carbocycles. The molecule has 0 bridgehead atoms. The van der Waals surface area contributed by atoms with Crippen molar-refractivity contribution in [3.63, 3.8) is 0 Å². The summed E-state index contributed by atoms with van der Waals surface area (Å²) in [6, 6.07) is 4.58. The van der Waals surface area contributed by atoms with E-state index in [-0.39, 0.29) is 12.4 Å². The van der Waals surface area contributed by atoms with Gasteiger partial charge in [0.2, 0.25) is 0 Å². The van der Waals surface area contributed by atoms with Crippen LogP contribution in [-0.4, -0.2) is 23.1 Å². The summed E-state index contributed by atoms with van der Waals surface area (Å²) in [6.07, 6.45) is 1.93. The molecule has 0 heterocycles. The van der Waals surface area contributed by atoms with Crippen molar-refractivity contribution in [2.24, 2.45) is 5.73 Å². The Hall–Kier alpha value is -0.710. The van der Waals surface area contributed by atoms with Crippen LogP contribution in [0.3, 0.4) is 0 Å². The van der Waals surface area contributed by atoms with Gasteiger partial charge < -0.3 is 15.9 Å². The van der Waals surface area contributed by atoms with Crippen molar-refractivity contribution >= 4 is 11.8 Å². The van der Waals surface area contributed by atoms with Gasteiger partial charge in [0.05, 0.1) is 12.6 Å². The van der Waals surface area contributed by atoms with Crippen molar-refractivity contribution in [3.8, 4) is 5.75 Å². The fraction of sp³-hybridized carbons (Fsp3) is 0.333. The maximum atomic E-state index is 9.23. The van der Waals surface area contributed by atoms with E-state index in [1.807, 2.05) is 6.26 Å². The molecule has 0 fully saturated rings. The molecule has 0 aromatic heterocycles. The number of rotatable bonds is 3. The molecule has 0 unspecified atom stereocenters. The minimum absolute atomic E-state index is 0.114. The Labute approximate surface area is 81.6 Å². The van der Waals surface area contributed by atoms with E-state index in [0.29, 0.717) is 0 Å². The highest BCUT2D eigenvalue weighted by atomic mass is 32.2. The third kappa shape index (κ3) is 2.37. The molecule has 1 aromatic rings. The van der Waals surface area contributed by atoms with Crippen molar-refractivity contribution < 1.29 is 10.2 Å². The third-order valence-corrected chi connectivity index (χ3v) is 2.62. The number of hydrogen-bond acceptors (Lipinski definition) is 4. The van der Waals surface area contributed by atoms with E-state index >= 15 is 0 Å². The van der Waals surface area contributed by atoms with Gasteiger partial charge in [0.1, 0.15) is 5.75 Å². The van der Waals surface area contributed by atoms with E-state index in [0.717, 1.165) is 10.5 Å². The van der Waals surface area contributed by atoms with E-state index in [2.05, 4.69) is 0 Å². The summed E-state index contributed by atoms with van der Waals surface area (Å²) in [5, 5.41) is 18.1. The summed E-state index contributed by atoms with van der Waals surface area (Å²) in [4.78, 5) is 0.986. The fourth-order valence-electron chi connectivity index (χ4n) is 1.11. The van der Waals surface area contributed by atoms with Crippen LogP contribution in [0.5, 0.6) is 5.75 Å². The largest absolute Gasteiger partial charge is 0.508 e. The number of aliphatic hydroxyl groups is 1. The summed E-state index contributed by atoms with van der Waals surface area (Å²) < 4.78 is 0. The molecule has 0 saturated heterocycles. The number of nitrogens with two attached hydrogens (primary N) is 1. The lowest BCUT2D eigenvalue weighted by Crippen LogP contribution is -2.15. The van der Waals surface area contributed by atoms with Gasteiger partial charge in [-0.15, -0.1) is 11.8 Å². The summed E-state index contributed by atoms with van der Waals surface area (Å²) in [6.45, 7) is -0.114. The number of aromatic hydroxyl groups is 1. The van der Waals surface area contributed by atoms with Crippen LogP contribution in [-0.2, 0) is 0 Å². The van der Waals surface area contributed by atoms with E-state index < -0.39 is 6.04 Å². The van der Waals surface area contributed by atoms with Crippen molar-refractivity contribution in [1.29, 1.82) is 0 Å². The third-order valence-electron chi connectivity index (χ3n) is 1.81. The average molecular weight is 199 g/mol. The zero-order valence-electron chi connectivity index (χ0n) is 7.40. The van der Waals surface area contributed by atoms with Gasteiger partial charge in [-0.2, -0.15) is 0 Å². The first-order valence-corrected chi connectivity index (χ1v) is 5.15. The highest BCUT2D eigenvalue weighted by molar-refractivity contribution is 7.98. The normalized spacial score (nSPS) is 12.8. The number of benzene rings is 1. The first-order valence-electron chi connectivity index (χ1n) is 3.92. The van der Waals surface area contributed by atoms with Crippen LogP contribution in [0.15, 0.2) is 23.1 Å². The summed E-state index contributed by atoms with van der Waals surface area (Å²) in [5.41, 5.74) is 6.45. The predicted molar refractivity (Wildman–Crippen MR) is 53.9 cm³/mol. The van der Waals surface area contributed by atoms with Crippen molar-refractivity contribution in [2.45, 2.75) is 10.9 Å². The highest BCUT2D eigenvalue weighted by Gasteiger charge is 2.10. The molecular weight excluding hydrogens is 186 g/mol. The topological polar surface area (TPSA) is 66.5 Å². The minimum atomic E-state index is -0.422. The van der Waals surface area contributed by atoms with Gasteiger partial charge in [0.25, 0.3) is 0 Å². The molecule has 0 spiro atoms. The van der Waals surface area contributed by atoms with Crippen LogP contribution in [0.2, 0.25) is 0 Å². The molecule has 4 N–H and O–H groups in total. The van der Waals surface area contributed by atoms with Crippen molar-refractivity contribution in [2.75, 3.05) is 12.9 Å². The molecule has 0 aliphatic heterocycles. The number of phenolic OH excluding ortho intramolecular Hbond substituents is 1. The van der Waals surface area contributed by atoms with Crippen LogP contribution in [0, 0.1) is 0 Å². The van der Waals surface area contributed by atoms with Gasteiger partial charge in [-0.25, -0.2) is 0 Å². The number of thioether (sulfide) groups is 1. The minimum Gasteiger partial charge on any atom is -0.508 e. The second-order valence-electron chi connectivity index (χ2n) is 2.72. The zero-order valence-corrected chi connectivity index (χ0v) is 8.21. The second-order valence-corrected chi connectivity index (χ2v) is 3.56. The lowest BCUT2D eigenvalue weighted by Gasteiger charge is -2.12. The number of hydrogen-bond donors (Lipinski definition) is 3. The van der Waals surface area contributed by atoms with E-state index in [4.69, 9.17) is 10.8 Å². The lowest BCUT2D eigenvalue weighted by molar-refractivity contribution is 0.266. The first kappa shape index (κ1) is 10.4. The van der Waals surface area contributed by atoms with Crippen LogP contribution in [0.1, 0.15) is 11.6 Å². The van der Waals surface area contributed by atoms with Crippen molar-refractivity contribution in [1.82, 2.24) is 0 Å². The van der Waals surface area contributed by atoms with Gasteiger partial charge in [-0.1, -0.05) is 0 Å². The molecule has 4 heteroatoms. The Morgan fingerprint density at radius 1 is 1.54 bits per heavy atom. The average Bonchev–Trinajstić information content (AvgIpc) is 2.16. The molecule has 3 nitrogen and oxygen atoms in total. The molecule has 1 atom stereocenters. The van der Waals surface area contributed by atoms with E-state index in [1.165, 1.54) is 0 Å². The van der Waals surface area contributed by atoms with Gasteiger partial charge >= 0.3 is 0 Å². The molecule has 0 aliphatic rings. The van der Waals surface area contributed by atoms with Gasteiger partial charge in [0.15, 0.2) is 0 Å². The molecule has 1 aromatic carbocycles. The Kier molecular flexibility index (Phi) is 3.59. The molecular formula is C9H13NO2S. The summed E-state index contributed by atoms with van der Waals surface area (Å²) in [7, 11) is 0. The molecule has 0 amide bonds. The molecule has 72 valence electrons. The molecule has 1 rings (SSSR count). The predicted octanol–water partition coefficient (Wildman–Crippen LogP) is 1.11. The standard InChI is InChI=1S/C9H13NO2S/c1-13-9-3-2-6(12)4-7(9)8(10)5-11/h2-4,8,11-12H,5,10H2,1H3/t8-/m1/s1. The number of phenols is 1. The van der Waals surface area contributed by atoms with Crippen LogP contribution in [0.25, 0.3) is 0 Å². The van der Waals surface area contributed by atoms with Gasteiger partial charge in [-0.05, 0) is 30.0 Å².